The normalized spacial score (nSPS) is 10.8. The number of aromatic nitrogens is 2. The van der Waals surface area contributed by atoms with E-state index in [2.05, 4.69) is 23.8 Å². The number of nitrogens with two attached hydrogens (primary N) is 1. The third-order valence-corrected chi connectivity index (χ3v) is 2.92. The van der Waals surface area contributed by atoms with Crippen molar-refractivity contribution in [1.82, 2.24) is 9.97 Å². The largest absolute Gasteiger partial charge is 0.382 e. The molecule has 16 heavy (non-hydrogen) atoms. The van der Waals surface area contributed by atoms with Gasteiger partial charge in [-0.15, -0.1) is 0 Å². The number of aryl methyl sites for hydroxylation is 1. The van der Waals surface area contributed by atoms with Crippen LogP contribution in [0.3, 0.4) is 0 Å². The molecule has 0 unspecified atom stereocenters. The first-order chi connectivity index (χ1) is 7.49. The topological polar surface area (TPSA) is 75.7 Å². The minimum Gasteiger partial charge on any atom is -0.382 e. The Bertz CT molecular complexity index is 376. The van der Waals surface area contributed by atoms with Gasteiger partial charge >= 0.3 is 0 Å². The van der Waals surface area contributed by atoms with Gasteiger partial charge in [0.2, 0.25) is 0 Å². The number of hydrogen-bond donors (Lipinski definition) is 2. The van der Waals surface area contributed by atoms with Gasteiger partial charge in [0.05, 0.1) is 0 Å². The molecule has 0 bridgehead atoms. The molecule has 1 rings (SSSR count). The first kappa shape index (κ1) is 13.0. The van der Waals surface area contributed by atoms with Crippen LogP contribution in [0, 0.1) is 18.3 Å². The van der Waals surface area contributed by atoms with Crippen LogP contribution in [0.25, 0.3) is 0 Å². The standard InChI is InChI=1S/C11H18N4S/c1-7(2)4-5-16-11-14-8(3)6-9(15-11)10(12)13/h6-7H,4-5H2,1-3H3,(H3,12,13). The zero-order chi connectivity index (χ0) is 12.1. The average Bonchev–Trinajstić information content (AvgIpc) is 2.16. The monoisotopic (exact) mass is 238 g/mol. The Morgan fingerprint density at radius 3 is 2.75 bits per heavy atom. The summed E-state index contributed by atoms with van der Waals surface area (Å²) in [4.78, 5) is 8.54. The molecule has 0 aliphatic carbocycles. The first-order valence-electron chi connectivity index (χ1n) is 5.32. The highest BCUT2D eigenvalue weighted by Crippen LogP contribution is 2.17. The highest BCUT2D eigenvalue weighted by atomic mass is 32.2. The van der Waals surface area contributed by atoms with Gasteiger partial charge in [0.25, 0.3) is 0 Å². The van der Waals surface area contributed by atoms with Crippen molar-refractivity contribution in [2.45, 2.75) is 32.3 Å². The summed E-state index contributed by atoms with van der Waals surface area (Å²) in [5, 5.41) is 8.07. The summed E-state index contributed by atoms with van der Waals surface area (Å²) in [5.74, 6) is 1.68. The second-order valence-electron chi connectivity index (χ2n) is 4.12. The molecule has 0 radical (unpaired) electrons. The van der Waals surface area contributed by atoms with Crippen molar-refractivity contribution in [3.8, 4) is 0 Å². The van der Waals surface area contributed by atoms with Crippen LogP contribution in [0.4, 0.5) is 0 Å². The van der Waals surface area contributed by atoms with E-state index in [1.54, 1.807) is 17.8 Å². The fraction of sp³-hybridized carbons (Fsp3) is 0.545. The van der Waals surface area contributed by atoms with Crippen LogP contribution in [-0.2, 0) is 0 Å². The highest BCUT2D eigenvalue weighted by Gasteiger charge is 2.05. The van der Waals surface area contributed by atoms with Gasteiger partial charge < -0.3 is 5.73 Å². The van der Waals surface area contributed by atoms with Crippen LogP contribution in [0.5, 0.6) is 0 Å². The van der Waals surface area contributed by atoms with Crippen molar-refractivity contribution in [3.05, 3.63) is 17.5 Å². The van der Waals surface area contributed by atoms with E-state index in [1.807, 2.05) is 6.92 Å². The van der Waals surface area contributed by atoms with Crippen molar-refractivity contribution in [3.63, 3.8) is 0 Å². The van der Waals surface area contributed by atoms with E-state index in [0.29, 0.717) is 16.8 Å². The maximum Gasteiger partial charge on any atom is 0.188 e. The smallest absolute Gasteiger partial charge is 0.188 e. The molecular formula is C11H18N4S. The number of nitrogen functional groups attached to an aromatic ring is 1. The lowest BCUT2D eigenvalue weighted by Crippen LogP contribution is -2.14. The second-order valence-corrected chi connectivity index (χ2v) is 5.18. The molecule has 0 saturated carbocycles. The molecule has 0 fully saturated rings. The van der Waals surface area contributed by atoms with E-state index >= 15 is 0 Å². The molecule has 0 aliphatic heterocycles. The van der Waals surface area contributed by atoms with Crippen molar-refractivity contribution < 1.29 is 0 Å². The Kier molecular flexibility index (Phi) is 4.73. The summed E-state index contributed by atoms with van der Waals surface area (Å²) in [7, 11) is 0. The quantitative estimate of drug-likeness (QED) is 0.357. The maximum atomic E-state index is 7.35. The number of nitrogens with one attached hydrogen (secondary N) is 1. The molecule has 88 valence electrons. The Morgan fingerprint density at radius 2 is 2.19 bits per heavy atom. The molecule has 3 N–H and O–H groups in total. The molecule has 0 saturated heterocycles. The molecule has 0 atom stereocenters. The van der Waals surface area contributed by atoms with Crippen LogP contribution in [0.15, 0.2) is 11.2 Å². The second kappa shape index (κ2) is 5.84. The van der Waals surface area contributed by atoms with Crippen molar-refractivity contribution >= 4 is 17.6 Å². The number of hydrogen-bond acceptors (Lipinski definition) is 4. The number of rotatable bonds is 5. The molecule has 4 nitrogen and oxygen atoms in total. The summed E-state index contributed by atoms with van der Waals surface area (Å²) in [5.41, 5.74) is 6.78. The lowest BCUT2D eigenvalue weighted by Gasteiger charge is -2.05. The molecule has 1 heterocycles. The zero-order valence-electron chi connectivity index (χ0n) is 9.95. The van der Waals surface area contributed by atoms with Crippen LogP contribution in [-0.4, -0.2) is 21.6 Å². The minimum atomic E-state index is -0.00351. The fourth-order valence-electron chi connectivity index (χ4n) is 1.13. The van der Waals surface area contributed by atoms with Crippen LogP contribution in [0.2, 0.25) is 0 Å². The summed E-state index contributed by atoms with van der Waals surface area (Å²) < 4.78 is 0. The predicted octanol–water partition coefficient (Wildman–Crippen LogP) is 2.21. The van der Waals surface area contributed by atoms with Crippen LogP contribution in [0.1, 0.15) is 31.7 Å². The van der Waals surface area contributed by atoms with Crippen molar-refractivity contribution in [2.75, 3.05) is 5.75 Å². The van der Waals surface area contributed by atoms with Gasteiger partial charge in [-0.05, 0) is 25.3 Å². The number of nitrogens with zero attached hydrogens (tertiary/aromatic N) is 2. The third kappa shape index (κ3) is 4.18. The summed E-state index contributed by atoms with van der Waals surface area (Å²) in [6.45, 7) is 6.28. The maximum absolute atomic E-state index is 7.35. The molecule has 0 amide bonds. The lowest BCUT2D eigenvalue weighted by molar-refractivity contribution is 0.631. The van der Waals surface area contributed by atoms with E-state index in [-0.39, 0.29) is 5.84 Å². The van der Waals surface area contributed by atoms with E-state index < -0.39 is 0 Å². The average molecular weight is 238 g/mol. The number of thioether (sulfide) groups is 1. The summed E-state index contributed by atoms with van der Waals surface area (Å²) in [6, 6.07) is 1.73. The molecule has 1 aromatic heterocycles. The summed E-state index contributed by atoms with van der Waals surface area (Å²) >= 11 is 1.62. The van der Waals surface area contributed by atoms with Gasteiger partial charge in [-0.1, -0.05) is 25.6 Å². The summed E-state index contributed by atoms with van der Waals surface area (Å²) in [6.07, 6.45) is 1.14. The molecule has 5 heteroatoms. The van der Waals surface area contributed by atoms with E-state index in [9.17, 15) is 0 Å². The number of amidine groups is 1. The van der Waals surface area contributed by atoms with E-state index in [1.165, 1.54) is 0 Å². The molecule has 1 aromatic rings. The Morgan fingerprint density at radius 1 is 1.50 bits per heavy atom. The van der Waals surface area contributed by atoms with Crippen molar-refractivity contribution in [1.29, 1.82) is 5.41 Å². The Balaban J connectivity index is 2.69. The Hall–Kier alpha value is -1.10. The van der Waals surface area contributed by atoms with Gasteiger partial charge in [-0.25, -0.2) is 9.97 Å². The molecule has 0 spiro atoms. The zero-order valence-corrected chi connectivity index (χ0v) is 10.8. The molecule has 0 aliphatic rings. The van der Waals surface area contributed by atoms with Crippen LogP contribution < -0.4 is 5.73 Å². The van der Waals surface area contributed by atoms with Crippen LogP contribution >= 0.6 is 11.8 Å². The molecular weight excluding hydrogens is 220 g/mol. The van der Waals surface area contributed by atoms with Gasteiger partial charge in [0.1, 0.15) is 11.5 Å². The van der Waals surface area contributed by atoms with E-state index in [0.717, 1.165) is 17.9 Å². The minimum absolute atomic E-state index is 0.00351. The van der Waals surface area contributed by atoms with E-state index in [4.69, 9.17) is 11.1 Å². The fourth-order valence-corrected chi connectivity index (χ4v) is 2.27. The van der Waals surface area contributed by atoms with Gasteiger partial charge in [-0.2, -0.15) is 0 Å². The highest BCUT2D eigenvalue weighted by molar-refractivity contribution is 7.99. The SMILES string of the molecule is Cc1cc(C(=N)N)nc(SCCC(C)C)n1. The Labute approximate surface area is 101 Å². The van der Waals surface area contributed by atoms with Gasteiger partial charge in [0, 0.05) is 11.4 Å². The van der Waals surface area contributed by atoms with Crippen molar-refractivity contribution in [2.24, 2.45) is 11.7 Å². The lowest BCUT2D eigenvalue weighted by atomic mass is 10.2. The molecule has 0 aromatic carbocycles. The predicted molar refractivity (Wildman–Crippen MR) is 68.0 cm³/mol. The van der Waals surface area contributed by atoms with Gasteiger partial charge in [-0.3, -0.25) is 5.41 Å². The van der Waals surface area contributed by atoms with Gasteiger partial charge in [0.15, 0.2) is 5.16 Å². The first-order valence-corrected chi connectivity index (χ1v) is 6.30. The third-order valence-electron chi connectivity index (χ3n) is 2.04.